The Morgan fingerprint density at radius 2 is 1.90 bits per heavy atom. The number of fused-ring (bicyclic) bond motifs is 1. The first-order chi connectivity index (χ1) is 14.4. The molecule has 1 amide bonds. The van der Waals surface area contributed by atoms with Gasteiger partial charge >= 0.3 is 0 Å². The van der Waals surface area contributed by atoms with Crippen molar-refractivity contribution in [1.82, 2.24) is 14.9 Å². The molecule has 1 aromatic carbocycles. The summed E-state index contributed by atoms with van der Waals surface area (Å²) in [6.45, 7) is 13.8. The van der Waals surface area contributed by atoms with E-state index in [2.05, 4.69) is 66.7 Å². The summed E-state index contributed by atoms with van der Waals surface area (Å²) in [5.74, 6) is 0.000527. The summed E-state index contributed by atoms with van der Waals surface area (Å²) in [5.41, 5.74) is 3.62. The van der Waals surface area contributed by atoms with Crippen LogP contribution in [0.1, 0.15) is 38.1 Å². The smallest absolute Gasteiger partial charge is 0.253 e. The van der Waals surface area contributed by atoms with Crippen LogP contribution in [0.3, 0.4) is 0 Å². The molecule has 0 saturated carbocycles. The third-order valence-electron chi connectivity index (χ3n) is 6.12. The first-order valence-electron chi connectivity index (χ1n) is 10.6. The molecule has 166 valence electrons. The lowest BCUT2D eigenvalue weighted by Gasteiger charge is -2.39. The van der Waals surface area contributed by atoms with Crippen molar-refractivity contribution in [2.24, 2.45) is 0 Å². The number of H-pyrrole nitrogens is 1. The van der Waals surface area contributed by atoms with Crippen molar-refractivity contribution >= 4 is 41.2 Å². The molecule has 7 heteroatoms. The normalized spacial score (nSPS) is 13.4. The third-order valence-corrected chi connectivity index (χ3v) is 11.2. The van der Waals surface area contributed by atoms with Crippen molar-refractivity contribution in [3.63, 3.8) is 0 Å². The molecule has 31 heavy (non-hydrogen) atoms. The summed E-state index contributed by atoms with van der Waals surface area (Å²) in [6, 6.07) is 9.79. The largest absolute Gasteiger partial charge is 0.412 e. The van der Waals surface area contributed by atoms with Gasteiger partial charge < -0.3 is 14.3 Å². The summed E-state index contributed by atoms with van der Waals surface area (Å²) in [5, 5.41) is 1.19. The Morgan fingerprint density at radius 1 is 1.26 bits per heavy atom. The SMILES string of the molecule is CC(CN(C)C(=O)c1ccc(-c2c[nH]c3ncc(Br)cc23)cc1)O[Si](C)(C)C(C)(C)C. The fraction of sp³-hybridized carbons (Fsp3) is 0.417. The zero-order valence-corrected chi connectivity index (χ0v) is 22.0. The van der Waals surface area contributed by atoms with E-state index in [1.165, 1.54) is 0 Å². The van der Waals surface area contributed by atoms with Gasteiger partial charge in [-0.1, -0.05) is 32.9 Å². The highest BCUT2D eigenvalue weighted by Crippen LogP contribution is 2.37. The molecule has 5 nitrogen and oxygen atoms in total. The van der Waals surface area contributed by atoms with Crippen LogP contribution in [0.4, 0.5) is 0 Å². The number of halogens is 1. The second-order valence-electron chi connectivity index (χ2n) is 9.70. The number of amides is 1. The average Bonchev–Trinajstić information content (AvgIpc) is 3.09. The number of nitrogens with zero attached hydrogens (tertiary/aromatic N) is 2. The van der Waals surface area contributed by atoms with E-state index < -0.39 is 8.32 Å². The second-order valence-corrected chi connectivity index (χ2v) is 15.4. The van der Waals surface area contributed by atoms with Crippen LogP contribution in [0.25, 0.3) is 22.2 Å². The van der Waals surface area contributed by atoms with Gasteiger partial charge in [0.25, 0.3) is 5.91 Å². The Labute approximate surface area is 194 Å². The maximum atomic E-state index is 13.0. The minimum Gasteiger partial charge on any atom is -0.412 e. The molecule has 1 N–H and O–H groups in total. The van der Waals surface area contributed by atoms with Crippen LogP contribution in [-0.2, 0) is 4.43 Å². The first kappa shape index (κ1) is 23.7. The molecular formula is C24H32BrN3O2Si. The molecule has 0 aliphatic rings. The van der Waals surface area contributed by atoms with Crippen LogP contribution >= 0.6 is 15.9 Å². The van der Waals surface area contributed by atoms with E-state index in [-0.39, 0.29) is 17.0 Å². The van der Waals surface area contributed by atoms with Crippen molar-refractivity contribution < 1.29 is 9.22 Å². The van der Waals surface area contributed by atoms with E-state index in [4.69, 9.17) is 4.43 Å². The van der Waals surface area contributed by atoms with Gasteiger partial charge in [-0.25, -0.2) is 4.98 Å². The molecule has 2 aromatic heterocycles. The molecule has 1 unspecified atom stereocenters. The number of pyridine rings is 1. The number of aromatic nitrogens is 2. The van der Waals surface area contributed by atoms with Gasteiger partial charge in [0.2, 0.25) is 0 Å². The quantitative estimate of drug-likeness (QED) is 0.393. The van der Waals surface area contributed by atoms with Crippen LogP contribution in [0.2, 0.25) is 18.1 Å². The summed E-state index contributed by atoms with van der Waals surface area (Å²) >= 11 is 3.48. The van der Waals surface area contributed by atoms with Gasteiger partial charge in [0.15, 0.2) is 8.32 Å². The van der Waals surface area contributed by atoms with Gasteiger partial charge in [-0.2, -0.15) is 0 Å². The lowest BCUT2D eigenvalue weighted by Crippen LogP contribution is -2.46. The summed E-state index contributed by atoms with van der Waals surface area (Å²) in [7, 11) is -0.0253. The summed E-state index contributed by atoms with van der Waals surface area (Å²) in [6.07, 6.45) is 3.72. The minimum absolute atomic E-state index is 0.000527. The van der Waals surface area contributed by atoms with Gasteiger partial charge in [0.1, 0.15) is 5.65 Å². The van der Waals surface area contributed by atoms with Crippen LogP contribution in [0, 0.1) is 0 Å². The average molecular weight is 503 g/mol. The second kappa shape index (κ2) is 8.88. The van der Waals surface area contributed by atoms with Crippen LogP contribution in [0.5, 0.6) is 0 Å². The zero-order chi connectivity index (χ0) is 23.0. The molecule has 0 bridgehead atoms. The van der Waals surface area contributed by atoms with Crippen LogP contribution in [0.15, 0.2) is 47.2 Å². The molecule has 0 aliphatic carbocycles. The molecule has 0 aliphatic heterocycles. The van der Waals surface area contributed by atoms with E-state index in [0.717, 1.165) is 26.6 Å². The van der Waals surface area contributed by atoms with E-state index >= 15 is 0 Å². The van der Waals surface area contributed by atoms with Crippen molar-refractivity contribution in [2.45, 2.75) is 51.9 Å². The lowest BCUT2D eigenvalue weighted by molar-refractivity contribution is 0.0714. The monoisotopic (exact) mass is 501 g/mol. The lowest BCUT2D eigenvalue weighted by atomic mass is 10.0. The van der Waals surface area contributed by atoms with Crippen LogP contribution < -0.4 is 0 Å². The highest BCUT2D eigenvalue weighted by Gasteiger charge is 2.38. The number of nitrogens with one attached hydrogen (secondary N) is 1. The Balaban J connectivity index is 1.70. The van der Waals surface area contributed by atoms with Crippen molar-refractivity contribution in [3.05, 3.63) is 52.8 Å². The number of hydrogen-bond donors (Lipinski definition) is 1. The molecule has 0 radical (unpaired) electrons. The van der Waals surface area contributed by atoms with Gasteiger partial charge in [-0.3, -0.25) is 4.79 Å². The van der Waals surface area contributed by atoms with E-state index in [9.17, 15) is 4.79 Å². The highest BCUT2D eigenvalue weighted by molar-refractivity contribution is 9.10. The van der Waals surface area contributed by atoms with Crippen LogP contribution in [-0.4, -0.2) is 48.8 Å². The molecule has 1 atom stereocenters. The molecule has 2 heterocycles. The number of benzene rings is 1. The highest BCUT2D eigenvalue weighted by atomic mass is 79.9. The predicted molar refractivity (Wildman–Crippen MR) is 134 cm³/mol. The summed E-state index contributed by atoms with van der Waals surface area (Å²) in [4.78, 5) is 22.3. The number of aromatic amines is 1. The Hall–Kier alpha value is -1.96. The van der Waals surface area contributed by atoms with Crippen molar-refractivity contribution in [3.8, 4) is 11.1 Å². The van der Waals surface area contributed by atoms with E-state index in [1.807, 2.05) is 43.6 Å². The standard InChI is InChI=1S/C24H32BrN3O2Si/c1-16(30-31(6,7)24(2,3)4)15-28(5)23(29)18-10-8-17(9-11-18)21-14-27-22-20(21)12-19(25)13-26-22/h8-14,16H,15H2,1-7H3,(H,26,27). The molecule has 0 fully saturated rings. The number of likely N-dealkylation sites (N-methyl/N-ethyl adjacent to an activating group) is 1. The molecule has 3 aromatic rings. The van der Waals surface area contributed by atoms with Gasteiger partial charge in [-0.05, 0) is 64.7 Å². The molecule has 0 saturated heterocycles. The Morgan fingerprint density at radius 3 is 2.52 bits per heavy atom. The summed E-state index contributed by atoms with van der Waals surface area (Å²) < 4.78 is 7.34. The predicted octanol–water partition coefficient (Wildman–Crippen LogP) is 6.47. The maximum absolute atomic E-state index is 13.0. The number of hydrogen-bond acceptors (Lipinski definition) is 3. The molecule has 0 spiro atoms. The zero-order valence-electron chi connectivity index (χ0n) is 19.4. The van der Waals surface area contributed by atoms with Crippen molar-refractivity contribution in [1.29, 1.82) is 0 Å². The number of carbonyl (C=O) groups excluding carboxylic acids is 1. The van der Waals surface area contributed by atoms with E-state index in [1.54, 1.807) is 11.1 Å². The fourth-order valence-electron chi connectivity index (χ4n) is 3.42. The van der Waals surface area contributed by atoms with Crippen molar-refractivity contribution in [2.75, 3.05) is 13.6 Å². The molecule has 3 rings (SSSR count). The number of rotatable bonds is 6. The number of carbonyl (C=O) groups is 1. The third kappa shape index (κ3) is 5.27. The maximum Gasteiger partial charge on any atom is 0.253 e. The topological polar surface area (TPSA) is 58.2 Å². The Bertz CT molecular complexity index is 1070. The Kier molecular flexibility index (Phi) is 6.79. The van der Waals surface area contributed by atoms with Gasteiger partial charge in [-0.15, -0.1) is 0 Å². The van der Waals surface area contributed by atoms with E-state index in [0.29, 0.717) is 12.1 Å². The molecular weight excluding hydrogens is 470 g/mol. The fourth-order valence-corrected chi connectivity index (χ4v) is 5.18. The van der Waals surface area contributed by atoms with Gasteiger partial charge in [0, 0.05) is 47.0 Å². The van der Waals surface area contributed by atoms with Gasteiger partial charge in [0.05, 0.1) is 6.10 Å². The minimum atomic E-state index is -1.86. The first-order valence-corrected chi connectivity index (χ1v) is 14.3.